The quantitative estimate of drug-likeness (QED) is 0.739. The number of Topliss-reactive ketones (excluding diaryl/α,β-unsaturated/α-hetero) is 1. The third kappa shape index (κ3) is 3.19. The maximum absolute atomic E-state index is 12.1. The van der Waals surface area contributed by atoms with Crippen molar-refractivity contribution in [1.82, 2.24) is 4.98 Å². The van der Waals surface area contributed by atoms with E-state index in [2.05, 4.69) is 4.98 Å². The number of carbonyl (C=O) groups excluding carboxylic acids is 1. The summed E-state index contributed by atoms with van der Waals surface area (Å²) in [5, 5.41) is 19.9. The summed E-state index contributed by atoms with van der Waals surface area (Å²) in [5.41, 5.74) is 1.40. The Labute approximate surface area is 144 Å². The first kappa shape index (κ1) is 16.6. The first-order valence-electron chi connectivity index (χ1n) is 7.62. The van der Waals surface area contributed by atoms with Gasteiger partial charge in [0.25, 0.3) is 0 Å². The zero-order valence-corrected chi connectivity index (χ0v) is 13.8. The number of hydrogen-bond donors (Lipinski definition) is 2. The van der Waals surface area contributed by atoms with Crippen molar-refractivity contribution in [3.63, 3.8) is 0 Å². The van der Waals surface area contributed by atoms with E-state index in [-0.39, 0.29) is 23.2 Å². The molecule has 0 aliphatic carbocycles. The number of ketones is 1. The summed E-state index contributed by atoms with van der Waals surface area (Å²) >= 11 is 0. The van der Waals surface area contributed by atoms with Crippen molar-refractivity contribution < 1.29 is 24.2 Å². The monoisotopic (exact) mass is 339 g/mol. The van der Waals surface area contributed by atoms with E-state index in [1.165, 1.54) is 32.4 Å². The van der Waals surface area contributed by atoms with Gasteiger partial charge < -0.3 is 19.4 Å². The predicted octanol–water partition coefficient (Wildman–Crippen LogP) is 3.48. The van der Waals surface area contributed by atoms with Gasteiger partial charge in [-0.1, -0.05) is 18.2 Å². The van der Waals surface area contributed by atoms with Crippen LogP contribution in [0.4, 0.5) is 0 Å². The number of hydrogen-bond acceptors (Lipinski definition) is 6. The van der Waals surface area contributed by atoms with E-state index < -0.39 is 5.92 Å². The molecular formula is C19H17NO5. The first-order valence-corrected chi connectivity index (χ1v) is 7.62. The molecule has 3 aromatic rings. The van der Waals surface area contributed by atoms with Gasteiger partial charge in [-0.2, -0.15) is 0 Å². The minimum atomic E-state index is -0.731. The third-order valence-corrected chi connectivity index (χ3v) is 3.90. The average molecular weight is 339 g/mol. The Morgan fingerprint density at radius 3 is 2.56 bits per heavy atom. The molecule has 1 aromatic heterocycles. The van der Waals surface area contributed by atoms with Crippen molar-refractivity contribution in [3.8, 4) is 28.7 Å². The minimum Gasteiger partial charge on any atom is -0.508 e. The minimum absolute atomic E-state index is 0.0225. The van der Waals surface area contributed by atoms with Crippen LogP contribution in [0, 0.1) is 0 Å². The number of phenolic OH excluding ortho intramolecular Hbond substituents is 2. The summed E-state index contributed by atoms with van der Waals surface area (Å²) in [6.45, 7) is 1.44. The number of nitrogens with zero attached hydrogens (tertiary/aromatic N) is 1. The van der Waals surface area contributed by atoms with E-state index in [4.69, 9.17) is 9.15 Å². The molecule has 0 aliphatic rings. The van der Waals surface area contributed by atoms with Crippen LogP contribution in [0.3, 0.4) is 0 Å². The van der Waals surface area contributed by atoms with Gasteiger partial charge in [-0.25, -0.2) is 4.98 Å². The molecule has 2 aromatic carbocycles. The average Bonchev–Trinajstić information content (AvgIpc) is 3.06. The second kappa shape index (κ2) is 6.68. The lowest BCUT2D eigenvalue weighted by Gasteiger charge is -2.12. The molecule has 0 amide bonds. The highest BCUT2D eigenvalue weighted by Crippen LogP contribution is 2.35. The van der Waals surface area contributed by atoms with Crippen LogP contribution >= 0.6 is 0 Å². The molecule has 0 aliphatic heterocycles. The number of rotatable bonds is 5. The summed E-state index contributed by atoms with van der Waals surface area (Å²) in [4.78, 5) is 16.5. The molecule has 0 radical (unpaired) electrons. The van der Waals surface area contributed by atoms with Crippen molar-refractivity contribution >= 4 is 5.78 Å². The largest absolute Gasteiger partial charge is 0.508 e. The van der Waals surface area contributed by atoms with Crippen LogP contribution in [-0.2, 0) is 4.79 Å². The Kier molecular flexibility index (Phi) is 4.43. The molecule has 25 heavy (non-hydrogen) atoms. The third-order valence-electron chi connectivity index (χ3n) is 3.90. The van der Waals surface area contributed by atoms with Crippen molar-refractivity contribution in [1.29, 1.82) is 0 Å². The van der Waals surface area contributed by atoms with Gasteiger partial charge in [0.15, 0.2) is 11.5 Å². The van der Waals surface area contributed by atoms with E-state index in [1.54, 1.807) is 30.3 Å². The molecule has 6 nitrogen and oxygen atoms in total. The predicted molar refractivity (Wildman–Crippen MR) is 90.8 cm³/mol. The van der Waals surface area contributed by atoms with Gasteiger partial charge >= 0.3 is 0 Å². The number of carbonyl (C=O) groups is 1. The molecule has 1 atom stereocenters. The number of para-hydroxylation sites is 1. The van der Waals surface area contributed by atoms with Crippen molar-refractivity contribution in [3.05, 3.63) is 60.0 Å². The first-order chi connectivity index (χ1) is 12.0. The molecule has 6 heteroatoms. The molecule has 1 heterocycles. The van der Waals surface area contributed by atoms with Gasteiger partial charge in [0.2, 0.25) is 5.89 Å². The number of methoxy groups -OCH3 is 1. The van der Waals surface area contributed by atoms with E-state index >= 15 is 0 Å². The second-order valence-electron chi connectivity index (χ2n) is 5.57. The number of oxazole rings is 1. The molecule has 1 unspecified atom stereocenters. The van der Waals surface area contributed by atoms with Crippen LogP contribution in [0.1, 0.15) is 24.1 Å². The lowest BCUT2D eigenvalue weighted by Crippen LogP contribution is -2.11. The van der Waals surface area contributed by atoms with Crippen molar-refractivity contribution in [2.45, 2.75) is 12.8 Å². The zero-order valence-electron chi connectivity index (χ0n) is 13.8. The topological polar surface area (TPSA) is 92.8 Å². The summed E-state index contributed by atoms with van der Waals surface area (Å²) < 4.78 is 10.5. The highest BCUT2D eigenvalue weighted by atomic mass is 16.5. The van der Waals surface area contributed by atoms with Gasteiger partial charge in [-0.3, -0.25) is 4.79 Å². The molecule has 3 rings (SSSR count). The van der Waals surface area contributed by atoms with Crippen LogP contribution < -0.4 is 4.74 Å². The van der Waals surface area contributed by atoms with Gasteiger partial charge in [-0.05, 0) is 31.2 Å². The summed E-state index contributed by atoms with van der Waals surface area (Å²) in [5.74, 6) is -0.316. The van der Waals surface area contributed by atoms with Crippen LogP contribution in [0.15, 0.2) is 53.1 Å². The van der Waals surface area contributed by atoms with E-state index in [1.807, 2.05) is 0 Å². The maximum atomic E-state index is 12.1. The molecule has 0 bridgehead atoms. The Balaban J connectivity index is 2.00. The molecule has 0 saturated carbocycles. The fourth-order valence-electron chi connectivity index (χ4n) is 2.69. The number of phenols is 2. The highest BCUT2D eigenvalue weighted by Gasteiger charge is 2.25. The molecule has 2 N–H and O–H groups in total. The van der Waals surface area contributed by atoms with E-state index in [9.17, 15) is 15.0 Å². The van der Waals surface area contributed by atoms with Crippen LogP contribution in [-0.4, -0.2) is 28.1 Å². The molecule has 0 spiro atoms. The number of benzene rings is 2. The maximum Gasteiger partial charge on any atom is 0.226 e. The van der Waals surface area contributed by atoms with Gasteiger partial charge in [-0.15, -0.1) is 0 Å². The summed E-state index contributed by atoms with van der Waals surface area (Å²) in [7, 11) is 1.46. The smallest absolute Gasteiger partial charge is 0.226 e. The van der Waals surface area contributed by atoms with E-state index in [0.29, 0.717) is 22.6 Å². The highest BCUT2D eigenvalue weighted by molar-refractivity contribution is 5.87. The Bertz CT molecular complexity index is 916. The lowest BCUT2D eigenvalue weighted by atomic mass is 9.92. The molecule has 0 saturated heterocycles. The standard InChI is InChI=1S/C19H17NO5/c1-11(21)18(13-5-3-4-6-15(13)22)14-10-25-19(20-14)12-7-8-17(24-2)16(23)9-12/h3-10,18,22-23H,1-2H3. The van der Waals surface area contributed by atoms with Gasteiger partial charge in [0.05, 0.1) is 18.7 Å². The normalized spacial score (nSPS) is 11.9. The van der Waals surface area contributed by atoms with Gasteiger partial charge in [0, 0.05) is 11.1 Å². The van der Waals surface area contributed by atoms with Gasteiger partial charge in [0.1, 0.15) is 17.8 Å². The Morgan fingerprint density at radius 1 is 1.16 bits per heavy atom. The fraction of sp³-hybridized carbons (Fsp3) is 0.158. The number of ether oxygens (including phenoxy) is 1. The number of aromatic nitrogens is 1. The SMILES string of the molecule is COc1ccc(-c2nc(C(C(C)=O)c3ccccc3O)co2)cc1O. The van der Waals surface area contributed by atoms with Crippen LogP contribution in [0.25, 0.3) is 11.5 Å². The van der Waals surface area contributed by atoms with Crippen LogP contribution in [0.5, 0.6) is 17.2 Å². The second-order valence-corrected chi connectivity index (χ2v) is 5.57. The van der Waals surface area contributed by atoms with Crippen molar-refractivity contribution in [2.24, 2.45) is 0 Å². The molecule has 128 valence electrons. The van der Waals surface area contributed by atoms with Crippen LogP contribution in [0.2, 0.25) is 0 Å². The molecule has 0 fully saturated rings. The van der Waals surface area contributed by atoms with E-state index in [0.717, 1.165) is 0 Å². The molecular weight excluding hydrogens is 322 g/mol. The van der Waals surface area contributed by atoms with Crippen molar-refractivity contribution in [2.75, 3.05) is 7.11 Å². The summed E-state index contributed by atoms with van der Waals surface area (Å²) in [6.07, 6.45) is 1.38. The summed E-state index contributed by atoms with van der Waals surface area (Å²) in [6, 6.07) is 11.4. The Hall–Kier alpha value is -3.28. The zero-order chi connectivity index (χ0) is 18.0. The number of aromatic hydroxyl groups is 2. The lowest BCUT2D eigenvalue weighted by molar-refractivity contribution is -0.117. The Morgan fingerprint density at radius 2 is 1.92 bits per heavy atom. The fourth-order valence-corrected chi connectivity index (χ4v) is 2.69.